The van der Waals surface area contributed by atoms with E-state index >= 15 is 0 Å². The molecule has 0 bridgehead atoms. The van der Waals surface area contributed by atoms with Crippen LogP contribution in [0.4, 0.5) is 5.69 Å². The molecule has 2 aromatic heterocycles. The Balaban J connectivity index is 1.42. The first kappa shape index (κ1) is 17.8. The van der Waals surface area contributed by atoms with Crippen LogP contribution in [0.25, 0.3) is 10.8 Å². The van der Waals surface area contributed by atoms with Gasteiger partial charge in [0.1, 0.15) is 10.6 Å². The van der Waals surface area contributed by atoms with Crippen LogP contribution in [0, 0.1) is 13.8 Å². The van der Waals surface area contributed by atoms with Crippen molar-refractivity contribution in [3.8, 4) is 10.8 Å². The molecule has 1 amide bonds. The van der Waals surface area contributed by atoms with E-state index < -0.39 is 0 Å². The zero-order valence-corrected chi connectivity index (χ0v) is 16.6. The number of para-hydroxylation sites is 1. The molecule has 0 radical (unpaired) electrons. The van der Waals surface area contributed by atoms with E-state index in [0.29, 0.717) is 17.2 Å². The van der Waals surface area contributed by atoms with Crippen molar-refractivity contribution in [1.82, 2.24) is 10.3 Å². The summed E-state index contributed by atoms with van der Waals surface area (Å²) in [4.78, 5) is 20.2. The lowest BCUT2D eigenvalue weighted by Gasteiger charge is -2.27. The Bertz CT molecular complexity index is 975. The number of benzene rings is 1. The van der Waals surface area contributed by atoms with Gasteiger partial charge in [-0.15, -0.1) is 11.3 Å². The van der Waals surface area contributed by atoms with Crippen LogP contribution in [0.2, 0.25) is 0 Å². The molecule has 0 spiro atoms. The molecule has 0 saturated heterocycles. The third-order valence-electron chi connectivity index (χ3n) is 4.97. The van der Waals surface area contributed by atoms with Gasteiger partial charge in [-0.25, -0.2) is 4.98 Å². The lowest BCUT2D eigenvalue weighted by atomic mass is 10.2. The highest BCUT2D eigenvalue weighted by molar-refractivity contribution is 7.17. The summed E-state index contributed by atoms with van der Waals surface area (Å²) >= 11 is 1.38. The van der Waals surface area contributed by atoms with Gasteiger partial charge in [0.05, 0.1) is 5.69 Å². The van der Waals surface area contributed by atoms with Crippen LogP contribution in [0.5, 0.6) is 0 Å². The zero-order valence-electron chi connectivity index (χ0n) is 15.8. The quantitative estimate of drug-likeness (QED) is 0.720. The largest absolute Gasteiger partial charge is 0.459 e. The van der Waals surface area contributed by atoms with E-state index in [2.05, 4.69) is 46.4 Å². The molecule has 3 heterocycles. The van der Waals surface area contributed by atoms with Gasteiger partial charge >= 0.3 is 0 Å². The minimum atomic E-state index is -0.0705. The van der Waals surface area contributed by atoms with Gasteiger partial charge in [0.25, 0.3) is 5.91 Å². The summed E-state index contributed by atoms with van der Waals surface area (Å²) in [5, 5.41) is 3.82. The number of thiazole rings is 1. The maximum absolute atomic E-state index is 12.7. The molecule has 5 nitrogen and oxygen atoms in total. The number of hydrogen-bond donors (Lipinski definition) is 1. The Kier molecular flexibility index (Phi) is 4.74. The monoisotopic (exact) mass is 381 g/mol. The number of rotatable bonds is 5. The van der Waals surface area contributed by atoms with Gasteiger partial charge in [-0.1, -0.05) is 18.2 Å². The molecule has 4 rings (SSSR count). The molecule has 0 unspecified atom stereocenters. The number of nitrogens with one attached hydrogen (secondary N) is 1. The average Bonchev–Trinajstić information content (AvgIpc) is 3.37. The Labute approximate surface area is 163 Å². The van der Waals surface area contributed by atoms with Gasteiger partial charge < -0.3 is 14.6 Å². The van der Waals surface area contributed by atoms with Gasteiger partial charge in [-0.3, -0.25) is 4.79 Å². The number of hydrogen-bond acceptors (Lipinski definition) is 5. The fourth-order valence-corrected chi connectivity index (χ4v) is 4.46. The van der Waals surface area contributed by atoms with E-state index in [1.54, 1.807) is 0 Å². The van der Waals surface area contributed by atoms with Crippen molar-refractivity contribution < 1.29 is 9.21 Å². The molecule has 1 aromatic carbocycles. The van der Waals surface area contributed by atoms with Gasteiger partial charge in [-0.05, 0) is 51.0 Å². The summed E-state index contributed by atoms with van der Waals surface area (Å²) in [6.07, 6.45) is 1.06. The van der Waals surface area contributed by atoms with Crippen molar-refractivity contribution in [3.05, 3.63) is 58.3 Å². The molecular weight excluding hydrogens is 358 g/mol. The molecule has 0 aliphatic carbocycles. The summed E-state index contributed by atoms with van der Waals surface area (Å²) in [6.45, 7) is 7.51. The fraction of sp³-hybridized carbons (Fsp3) is 0.333. The predicted molar refractivity (Wildman–Crippen MR) is 109 cm³/mol. The molecule has 0 saturated carbocycles. The number of amides is 1. The number of aryl methyl sites for hydroxylation is 2. The lowest BCUT2D eigenvalue weighted by molar-refractivity contribution is 0.0955. The minimum Gasteiger partial charge on any atom is -0.459 e. The topological polar surface area (TPSA) is 58.4 Å². The second kappa shape index (κ2) is 7.19. The molecule has 0 fully saturated rings. The van der Waals surface area contributed by atoms with Crippen LogP contribution in [0.1, 0.15) is 33.6 Å². The number of anilines is 1. The fourth-order valence-electron chi connectivity index (χ4n) is 3.51. The summed E-state index contributed by atoms with van der Waals surface area (Å²) in [7, 11) is 0. The van der Waals surface area contributed by atoms with Gasteiger partial charge in [0, 0.05) is 24.8 Å². The highest BCUT2D eigenvalue weighted by atomic mass is 32.1. The molecule has 1 N–H and O–H groups in total. The first-order chi connectivity index (χ1) is 13.0. The number of carbonyl (C=O) groups is 1. The molecule has 140 valence electrons. The Morgan fingerprint density at radius 1 is 1.30 bits per heavy atom. The standard InChI is InChI=1S/C21H23N3O2S/c1-13(24-11-10-16-6-4-5-7-17(16)24)12-22-20(25)19-15(3)23-21(27-19)18-9-8-14(2)26-18/h4-9,13H,10-12H2,1-3H3,(H,22,25)/t13-/m0/s1. The van der Waals surface area contributed by atoms with Crippen LogP contribution in [-0.4, -0.2) is 30.0 Å². The van der Waals surface area contributed by atoms with Crippen LogP contribution >= 0.6 is 11.3 Å². The molecule has 27 heavy (non-hydrogen) atoms. The summed E-state index contributed by atoms with van der Waals surface area (Å²) in [6, 6.07) is 12.5. The van der Waals surface area contributed by atoms with E-state index in [0.717, 1.165) is 29.4 Å². The van der Waals surface area contributed by atoms with Crippen molar-refractivity contribution in [2.75, 3.05) is 18.0 Å². The maximum atomic E-state index is 12.7. The van der Waals surface area contributed by atoms with E-state index in [4.69, 9.17) is 4.42 Å². The molecule has 1 aliphatic rings. The van der Waals surface area contributed by atoms with Crippen molar-refractivity contribution in [1.29, 1.82) is 0 Å². The number of carbonyl (C=O) groups excluding carboxylic acids is 1. The van der Waals surface area contributed by atoms with Crippen molar-refractivity contribution in [2.45, 2.75) is 33.2 Å². The number of fused-ring (bicyclic) bond motifs is 1. The Morgan fingerprint density at radius 3 is 2.89 bits per heavy atom. The van der Waals surface area contributed by atoms with Crippen LogP contribution in [-0.2, 0) is 6.42 Å². The van der Waals surface area contributed by atoms with Crippen molar-refractivity contribution >= 4 is 22.9 Å². The average molecular weight is 382 g/mol. The highest BCUT2D eigenvalue weighted by Crippen LogP contribution is 2.30. The smallest absolute Gasteiger partial charge is 0.263 e. The summed E-state index contributed by atoms with van der Waals surface area (Å²) in [5.74, 6) is 1.48. The SMILES string of the molecule is Cc1ccc(-c2nc(C)c(C(=O)NC[C@H](C)N3CCc4ccccc43)s2)o1. The highest BCUT2D eigenvalue weighted by Gasteiger charge is 2.24. The predicted octanol–water partition coefficient (Wildman–Crippen LogP) is 4.20. The number of nitrogens with zero attached hydrogens (tertiary/aromatic N) is 2. The number of aromatic nitrogens is 1. The molecule has 3 aromatic rings. The first-order valence-corrected chi connectivity index (χ1v) is 10.0. The third kappa shape index (κ3) is 3.49. The summed E-state index contributed by atoms with van der Waals surface area (Å²) < 4.78 is 5.63. The maximum Gasteiger partial charge on any atom is 0.263 e. The Morgan fingerprint density at radius 2 is 2.11 bits per heavy atom. The van der Waals surface area contributed by atoms with Crippen LogP contribution in [0.15, 0.2) is 40.8 Å². The molecule has 1 atom stereocenters. The molecule has 6 heteroatoms. The van der Waals surface area contributed by atoms with E-state index in [1.807, 2.05) is 26.0 Å². The summed E-state index contributed by atoms with van der Waals surface area (Å²) in [5.41, 5.74) is 3.40. The first-order valence-electron chi connectivity index (χ1n) is 9.20. The third-order valence-corrected chi connectivity index (χ3v) is 6.14. The van der Waals surface area contributed by atoms with Crippen LogP contribution in [0.3, 0.4) is 0 Å². The van der Waals surface area contributed by atoms with Gasteiger partial charge in [-0.2, -0.15) is 0 Å². The van der Waals surface area contributed by atoms with E-state index in [1.165, 1.54) is 22.6 Å². The van der Waals surface area contributed by atoms with E-state index in [-0.39, 0.29) is 11.9 Å². The van der Waals surface area contributed by atoms with Crippen LogP contribution < -0.4 is 10.2 Å². The molecular formula is C21H23N3O2S. The lowest BCUT2D eigenvalue weighted by Crippen LogP contribution is -2.41. The Hall–Kier alpha value is -2.60. The number of furan rings is 1. The van der Waals surface area contributed by atoms with Crippen molar-refractivity contribution in [2.24, 2.45) is 0 Å². The zero-order chi connectivity index (χ0) is 19.0. The second-order valence-corrected chi connectivity index (χ2v) is 7.97. The van der Waals surface area contributed by atoms with Gasteiger partial charge in [0.15, 0.2) is 10.8 Å². The van der Waals surface area contributed by atoms with Gasteiger partial charge in [0.2, 0.25) is 0 Å². The minimum absolute atomic E-state index is 0.0705. The second-order valence-electron chi connectivity index (χ2n) is 6.98. The normalized spacial score (nSPS) is 14.3. The molecule has 1 aliphatic heterocycles. The van der Waals surface area contributed by atoms with E-state index in [9.17, 15) is 4.79 Å². The van der Waals surface area contributed by atoms with Crippen molar-refractivity contribution in [3.63, 3.8) is 0 Å².